The first-order valence-corrected chi connectivity index (χ1v) is 10.9. The Kier molecular flexibility index (Phi) is 6.16. The number of ketones is 1. The monoisotopic (exact) mass is 457 g/mol. The number of rotatable bonds is 5. The maximum Gasteiger partial charge on any atom is 0.300 e. The number of aliphatic hydroxyl groups is 1. The second-order valence-electron chi connectivity index (χ2n) is 8.34. The van der Waals surface area contributed by atoms with E-state index in [1.54, 1.807) is 44.6 Å². The number of hydrogen-bond donors (Lipinski definition) is 1. The molecule has 1 N–H and O–H groups in total. The van der Waals surface area contributed by atoms with Crippen LogP contribution in [-0.4, -0.2) is 31.0 Å². The molecule has 1 unspecified atom stereocenters. The van der Waals surface area contributed by atoms with Gasteiger partial charge in [-0.1, -0.05) is 24.3 Å². The number of benzene rings is 3. The van der Waals surface area contributed by atoms with Gasteiger partial charge in [0.15, 0.2) is 0 Å². The van der Waals surface area contributed by atoms with E-state index < -0.39 is 17.7 Å². The van der Waals surface area contributed by atoms with Crippen LogP contribution in [0, 0.1) is 20.8 Å². The van der Waals surface area contributed by atoms with E-state index in [0.29, 0.717) is 28.3 Å². The Labute approximate surface area is 199 Å². The van der Waals surface area contributed by atoms with Gasteiger partial charge < -0.3 is 14.6 Å². The average Bonchev–Trinajstić information content (AvgIpc) is 3.10. The van der Waals surface area contributed by atoms with Gasteiger partial charge in [-0.25, -0.2) is 0 Å². The summed E-state index contributed by atoms with van der Waals surface area (Å²) in [7, 11) is 3.14. The van der Waals surface area contributed by atoms with Crippen LogP contribution in [0.3, 0.4) is 0 Å². The Morgan fingerprint density at radius 1 is 0.853 bits per heavy atom. The van der Waals surface area contributed by atoms with Crippen LogP contribution in [0.25, 0.3) is 5.76 Å². The van der Waals surface area contributed by atoms with Crippen molar-refractivity contribution < 1.29 is 24.2 Å². The molecule has 0 radical (unpaired) electrons. The third-order valence-corrected chi connectivity index (χ3v) is 6.40. The minimum atomic E-state index is -0.798. The van der Waals surface area contributed by atoms with Crippen molar-refractivity contribution in [3.05, 3.63) is 94.1 Å². The Hall–Kier alpha value is -4.06. The van der Waals surface area contributed by atoms with Crippen molar-refractivity contribution in [2.24, 2.45) is 0 Å². The lowest BCUT2D eigenvalue weighted by Gasteiger charge is -2.27. The number of nitrogens with zero attached hydrogens (tertiary/aromatic N) is 1. The van der Waals surface area contributed by atoms with Crippen molar-refractivity contribution >= 4 is 23.1 Å². The number of ether oxygens (including phenoxy) is 2. The van der Waals surface area contributed by atoms with Gasteiger partial charge in [0.25, 0.3) is 11.7 Å². The molecular formula is C28H27NO5. The molecule has 1 aliphatic heterocycles. The number of hydrogen-bond acceptors (Lipinski definition) is 5. The maximum atomic E-state index is 13.4. The van der Waals surface area contributed by atoms with Gasteiger partial charge in [-0.3, -0.25) is 14.5 Å². The number of anilines is 1. The van der Waals surface area contributed by atoms with Gasteiger partial charge in [0.2, 0.25) is 0 Å². The first-order chi connectivity index (χ1) is 16.3. The van der Waals surface area contributed by atoms with E-state index in [9.17, 15) is 14.7 Å². The lowest BCUT2D eigenvalue weighted by Crippen LogP contribution is -2.30. The van der Waals surface area contributed by atoms with Crippen LogP contribution in [0.2, 0.25) is 0 Å². The Bertz CT molecular complexity index is 1310. The molecule has 34 heavy (non-hydrogen) atoms. The minimum Gasteiger partial charge on any atom is -0.507 e. The van der Waals surface area contributed by atoms with Gasteiger partial charge in [0, 0.05) is 11.3 Å². The topological polar surface area (TPSA) is 76.1 Å². The van der Waals surface area contributed by atoms with Gasteiger partial charge in [0.1, 0.15) is 17.3 Å². The fraction of sp³-hybridized carbons (Fsp3) is 0.214. The first kappa shape index (κ1) is 23.1. The fourth-order valence-corrected chi connectivity index (χ4v) is 4.35. The van der Waals surface area contributed by atoms with Gasteiger partial charge in [-0.2, -0.15) is 0 Å². The molecule has 3 aromatic rings. The molecule has 1 fully saturated rings. The van der Waals surface area contributed by atoms with Gasteiger partial charge >= 0.3 is 0 Å². The van der Waals surface area contributed by atoms with E-state index in [0.717, 1.165) is 16.7 Å². The summed E-state index contributed by atoms with van der Waals surface area (Å²) in [5, 5.41) is 11.4. The molecule has 0 spiro atoms. The van der Waals surface area contributed by atoms with Crippen LogP contribution in [0.1, 0.15) is 33.9 Å². The highest BCUT2D eigenvalue weighted by atomic mass is 16.5. The summed E-state index contributed by atoms with van der Waals surface area (Å²) in [6.45, 7) is 5.70. The van der Waals surface area contributed by atoms with Crippen LogP contribution < -0.4 is 14.4 Å². The number of aryl methyl sites for hydroxylation is 2. The third kappa shape index (κ3) is 3.81. The van der Waals surface area contributed by atoms with Crippen LogP contribution >= 0.6 is 0 Å². The van der Waals surface area contributed by atoms with Crippen molar-refractivity contribution in [3.8, 4) is 11.5 Å². The number of amides is 1. The second kappa shape index (κ2) is 9.06. The van der Waals surface area contributed by atoms with E-state index in [1.807, 2.05) is 51.1 Å². The largest absolute Gasteiger partial charge is 0.507 e. The van der Waals surface area contributed by atoms with Gasteiger partial charge in [-0.15, -0.1) is 0 Å². The molecule has 1 saturated heterocycles. The van der Waals surface area contributed by atoms with E-state index >= 15 is 0 Å². The number of carbonyl (C=O) groups excluding carboxylic acids is 2. The molecular weight excluding hydrogens is 430 g/mol. The summed E-state index contributed by atoms with van der Waals surface area (Å²) in [5.41, 5.74) is 4.45. The summed E-state index contributed by atoms with van der Waals surface area (Å²) in [6, 6.07) is 17.2. The van der Waals surface area contributed by atoms with Crippen LogP contribution in [0.5, 0.6) is 11.5 Å². The quantitative estimate of drug-likeness (QED) is 0.322. The highest BCUT2D eigenvalue weighted by Gasteiger charge is 2.47. The molecule has 4 rings (SSSR count). The second-order valence-corrected chi connectivity index (χ2v) is 8.34. The fourth-order valence-electron chi connectivity index (χ4n) is 4.35. The number of aliphatic hydroxyl groups excluding tert-OH is 1. The number of Topliss-reactive ketones (excluding diaryl/α,β-unsaturated/α-hetero) is 1. The third-order valence-electron chi connectivity index (χ3n) is 6.40. The van der Waals surface area contributed by atoms with Gasteiger partial charge in [-0.05, 0) is 79.4 Å². The molecule has 1 aliphatic rings. The molecule has 1 atom stereocenters. The van der Waals surface area contributed by atoms with E-state index in [4.69, 9.17) is 9.47 Å². The molecule has 0 aromatic heterocycles. The Balaban J connectivity index is 1.97. The minimum absolute atomic E-state index is 0.0457. The zero-order chi connectivity index (χ0) is 24.6. The summed E-state index contributed by atoms with van der Waals surface area (Å²) < 4.78 is 10.5. The highest BCUT2D eigenvalue weighted by Crippen LogP contribution is 2.44. The van der Waals surface area contributed by atoms with Crippen LogP contribution in [0.15, 0.2) is 66.2 Å². The van der Waals surface area contributed by atoms with E-state index in [1.165, 1.54) is 4.90 Å². The Morgan fingerprint density at radius 2 is 1.50 bits per heavy atom. The molecule has 1 amide bonds. The molecule has 6 heteroatoms. The van der Waals surface area contributed by atoms with Crippen molar-refractivity contribution in [2.45, 2.75) is 26.8 Å². The molecule has 0 aliphatic carbocycles. The average molecular weight is 458 g/mol. The first-order valence-electron chi connectivity index (χ1n) is 10.9. The summed E-state index contributed by atoms with van der Waals surface area (Å²) in [4.78, 5) is 28.3. The maximum absolute atomic E-state index is 13.4. The van der Waals surface area contributed by atoms with Crippen LogP contribution in [0.4, 0.5) is 5.69 Å². The van der Waals surface area contributed by atoms with E-state index in [2.05, 4.69) is 0 Å². The molecule has 3 aromatic carbocycles. The highest BCUT2D eigenvalue weighted by molar-refractivity contribution is 6.51. The zero-order valence-corrected chi connectivity index (χ0v) is 19.9. The smallest absolute Gasteiger partial charge is 0.300 e. The summed E-state index contributed by atoms with van der Waals surface area (Å²) in [6.07, 6.45) is 0. The molecule has 1 heterocycles. The van der Waals surface area contributed by atoms with Crippen molar-refractivity contribution in [1.82, 2.24) is 0 Å². The number of methoxy groups -OCH3 is 2. The molecule has 174 valence electrons. The van der Waals surface area contributed by atoms with Crippen molar-refractivity contribution in [1.29, 1.82) is 0 Å². The number of carbonyl (C=O) groups is 2. The van der Waals surface area contributed by atoms with Crippen molar-refractivity contribution in [2.75, 3.05) is 19.1 Å². The zero-order valence-electron chi connectivity index (χ0n) is 19.9. The summed E-state index contributed by atoms with van der Waals surface area (Å²) in [5.74, 6) is -0.334. The van der Waals surface area contributed by atoms with Crippen LogP contribution in [-0.2, 0) is 9.59 Å². The van der Waals surface area contributed by atoms with Gasteiger partial charge in [0.05, 0.1) is 25.8 Å². The lowest BCUT2D eigenvalue weighted by atomic mass is 9.93. The normalized spacial score (nSPS) is 17.2. The predicted molar refractivity (Wildman–Crippen MR) is 131 cm³/mol. The van der Waals surface area contributed by atoms with E-state index in [-0.39, 0.29) is 11.3 Å². The van der Waals surface area contributed by atoms with Crippen molar-refractivity contribution in [3.63, 3.8) is 0 Å². The molecule has 0 saturated carbocycles. The lowest BCUT2D eigenvalue weighted by molar-refractivity contribution is -0.132. The summed E-state index contributed by atoms with van der Waals surface area (Å²) >= 11 is 0. The SMILES string of the molecule is COc1ccc(C2/C(=C(\O)c3ccc(OC)cc3C)C(=O)C(=O)N2c2cccc(C)c2C)cc1. The molecule has 0 bridgehead atoms. The standard InChI is InChI=1S/C28H27NO5/c1-16-7-6-8-23(18(16)3)29-25(19-9-11-20(33-4)12-10-19)24(27(31)28(29)32)26(30)22-14-13-21(34-5)15-17(22)2/h6-15,25,30H,1-5H3/b26-24+. The predicted octanol–water partition coefficient (Wildman–Crippen LogP) is 5.26. The Morgan fingerprint density at radius 3 is 2.12 bits per heavy atom. The molecule has 6 nitrogen and oxygen atoms in total.